The third-order valence-corrected chi connectivity index (χ3v) is 4.23. The Morgan fingerprint density at radius 3 is 2.67 bits per heavy atom. The molecule has 1 atom stereocenters. The Hall–Kier alpha value is -1.31. The first-order valence-corrected chi connectivity index (χ1v) is 8.51. The Morgan fingerprint density at radius 2 is 2.14 bits per heavy atom. The predicted octanol–water partition coefficient (Wildman–Crippen LogP) is 1.26. The number of hydrogen-bond acceptors (Lipinski definition) is 4. The second kappa shape index (κ2) is 7.63. The number of nitrogens with zero attached hydrogens (tertiary/aromatic N) is 1. The maximum Gasteiger partial charge on any atom is 0.243 e. The van der Waals surface area contributed by atoms with E-state index in [-0.39, 0.29) is 0 Å². The van der Waals surface area contributed by atoms with Crippen molar-refractivity contribution in [1.82, 2.24) is 5.32 Å². The predicted molar refractivity (Wildman–Crippen MR) is 83.1 cm³/mol. The average molecular weight is 335 g/mol. The molecule has 0 saturated carbocycles. The van der Waals surface area contributed by atoms with Crippen LogP contribution in [0.4, 0.5) is 5.69 Å². The molecule has 0 bridgehead atoms. The molecule has 8 heteroatoms. The Bertz CT molecular complexity index is 592. The zero-order valence-electron chi connectivity index (χ0n) is 12.2. The van der Waals surface area contributed by atoms with E-state index < -0.39 is 22.0 Å². The zero-order valence-corrected chi connectivity index (χ0v) is 13.7. The van der Waals surface area contributed by atoms with E-state index in [2.05, 4.69) is 5.32 Å². The van der Waals surface area contributed by atoms with Gasteiger partial charge in [-0.2, -0.15) is 0 Å². The quantitative estimate of drug-likeness (QED) is 0.762. The maximum absolute atomic E-state index is 12.1. The molecule has 21 heavy (non-hydrogen) atoms. The molecule has 0 aliphatic heterocycles. The summed E-state index contributed by atoms with van der Waals surface area (Å²) < 4.78 is 29.9. The van der Waals surface area contributed by atoms with Crippen molar-refractivity contribution in [2.75, 3.05) is 30.8 Å². The van der Waals surface area contributed by atoms with Crippen LogP contribution in [0.1, 0.15) is 6.92 Å². The number of amides is 1. The van der Waals surface area contributed by atoms with Gasteiger partial charge >= 0.3 is 0 Å². The van der Waals surface area contributed by atoms with Gasteiger partial charge in [-0.15, -0.1) is 0 Å². The van der Waals surface area contributed by atoms with Crippen LogP contribution in [-0.2, 0) is 19.6 Å². The minimum absolute atomic E-state index is 0.312. The molecule has 0 spiro atoms. The number of hydrogen-bond donors (Lipinski definition) is 1. The van der Waals surface area contributed by atoms with Gasteiger partial charge in [0.15, 0.2) is 0 Å². The van der Waals surface area contributed by atoms with Crippen LogP contribution in [-0.4, -0.2) is 46.9 Å². The van der Waals surface area contributed by atoms with Crippen LogP contribution in [0.15, 0.2) is 24.3 Å². The van der Waals surface area contributed by atoms with Gasteiger partial charge in [0.25, 0.3) is 0 Å². The Balaban J connectivity index is 3.01. The summed E-state index contributed by atoms with van der Waals surface area (Å²) in [5.41, 5.74) is 0.347. The molecule has 0 heterocycles. The highest BCUT2D eigenvalue weighted by molar-refractivity contribution is 7.92. The molecule has 6 nitrogen and oxygen atoms in total. The van der Waals surface area contributed by atoms with Gasteiger partial charge in [0, 0.05) is 18.7 Å². The summed E-state index contributed by atoms with van der Waals surface area (Å²) in [6, 6.07) is 5.46. The number of carbonyl (C=O) groups is 1. The molecule has 1 N–H and O–H groups in total. The summed E-state index contributed by atoms with van der Waals surface area (Å²) in [6.45, 7) is 2.19. The monoisotopic (exact) mass is 334 g/mol. The number of methoxy groups -OCH3 is 1. The number of halogens is 1. The molecule has 1 rings (SSSR count). The lowest BCUT2D eigenvalue weighted by molar-refractivity contribution is -0.122. The fraction of sp³-hybridized carbons (Fsp3) is 0.462. The minimum Gasteiger partial charge on any atom is -0.383 e. The van der Waals surface area contributed by atoms with E-state index in [0.29, 0.717) is 23.9 Å². The number of benzene rings is 1. The lowest BCUT2D eigenvalue weighted by Crippen LogP contribution is -2.48. The van der Waals surface area contributed by atoms with Crippen LogP contribution in [0.25, 0.3) is 0 Å². The topological polar surface area (TPSA) is 75.7 Å². The molecule has 1 aromatic carbocycles. The van der Waals surface area contributed by atoms with Crippen LogP contribution < -0.4 is 9.62 Å². The van der Waals surface area contributed by atoms with E-state index >= 15 is 0 Å². The van der Waals surface area contributed by atoms with Crippen molar-refractivity contribution in [2.45, 2.75) is 13.0 Å². The summed E-state index contributed by atoms with van der Waals surface area (Å²) in [7, 11) is -2.11. The van der Waals surface area contributed by atoms with Crippen molar-refractivity contribution < 1.29 is 17.9 Å². The molecular formula is C13H19ClN2O4S. The van der Waals surface area contributed by atoms with Crippen LogP contribution >= 0.6 is 11.6 Å². The molecule has 1 aromatic rings. The van der Waals surface area contributed by atoms with E-state index in [9.17, 15) is 13.2 Å². The fourth-order valence-corrected chi connectivity index (χ4v) is 3.20. The first-order valence-electron chi connectivity index (χ1n) is 6.29. The van der Waals surface area contributed by atoms with Gasteiger partial charge in [0.1, 0.15) is 6.04 Å². The van der Waals surface area contributed by atoms with Gasteiger partial charge in [-0.05, 0) is 25.1 Å². The number of anilines is 1. The number of nitrogens with one attached hydrogen (secondary N) is 1. The lowest BCUT2D eigenvalue weighted by atomic mass is 10.2. The number of carbonyl (C=O) groups excluding carboxylic acids is 1. The average Bonchev–Trinajstić information content (AvgIpc) is 2.37. The van der Waals surface area contributed by atoms with Crippen LogP contribution in [0, 0.1) is 0 Å². The van der Waals surface area contributed by atoms with Crippen molar-refractivity contribution in [2.24, 2.45) is 0 Å². The van der Waals surface area contributed by atoms with E-state index in [1.54, 1.807) is 18.2 Å². The highest BCUT2D eigenvalue weighted by Gasteiger charge is 2.28. The van der Waals surface area contributed by atoms with Gasteiger partial charge in [0.2, 0.25) is 15.9 Å². The number of sulfonamides is 1. The highest BCUT2D eigenvalue weighted by Crippen LogP contribution is 2.24. The van der Waals surface area contributed by atoms with E-state index in [1.165, 1.54) is 20.1 Å². The summed E-state index contributed by atoms with van der Waals surface area (Å²) in [6.07, 6.45) is 1.05. The Kier molecular flexibility index (Phi) is 6.44. The van der Waals surface area contributed by atoms with Crippen molar-refractivity contribution in [3.8, 4) is 0 Å². The third-order valence-electron chi connectivity index (χ3n) is 2.76. The number of rotatable bonds is 7. The van der Waals surface area contributed by atoms with Gasteiger partial charge in [-0.1, -0.05) is 17.7 Å². The molecule has 0 saturated heterocycles. The molecule has 0 aliphatic carbocycles. The van der Waals surface area contributed by atoms with Crippen molar-refractivity contribution in [1.29, 1.82) is 0 Å². The molecule has 0 fully saturated rings. The fourth-order valence-electron chi connectivity index (χ4n) is 1.85. The van der Waals surface area contributed by atoms with Gasteiger partial charge in [0.05, 0.1) is 18.6 Å². The van der Waals surface area contributed by atoms with Crippen LogP contribution in [0.2, 0.25) is 5.02 Å². The number of ether oxygens (including phenoxy) is 1. The van der Waals surface area contributed by atoms with E-state index in [1.807, 2.05) is 0 Å². The SMILES string of the molecule is COCCNC(=O)[C@@H](C)N(c1cccc(Cl)c1)S(C)(=O)=O. The van der Waals surface area contributed by atoms with Crippen molar-refractivity contribution in [3.05, 3.63) is 29.3 Å². The summed E-state index contributed by atoms with van der Waals surface area (Å²) in [5, 5.41) is 3.01. The summed E-state index contributed by atoms with van der Waals surface area (Å²) in [4.78, 5) is 12.1. The smallest absolute Gasteiger partial charge is 0.243 e. The largest absolute Gasteiger partial charge is 0.383 e. The third kappa shape index (κ3) is 5.18. The molecule has 0 radical (unpaired) electrons. The Labute approximate surface area is 130 Å². The molecular weight excluding hydrogens is 316 g/mol. The maximum atomic E-state index is 12.1. The lowest BCUT2D eigenvalue weighted by Gasteiger charge is -2.28. The van der Waals surface area contributed by atoms with E-state index in [4.69, 9.17) is 16.3 Å². The summed E-state index contributed by atoms with van der Waals surface area (Å²) in [5.74, 6) is -0.405. The zero-order chi connectivity index (χ0) is 16.0. The Morgan fingerprint density at radius 1 is 1.48 bits per heavy atom. The summed E-state index contributed by atoms with van der Waals surface area (Å²) >= 11 is 5.89. The molecule has 0 aliphatic rings. The molecule has 1 amide bonds. The van der Waals surface area contributed by atoms with Crippen LogP contribution in [0.5, 0.6) is 0 Å². The van der Waals surface area contributed by atoms with Gasteiger partial charge in [-0.25, -0.2) is 8.42 Å². The second-order valence-corrected chi connectivity index (χ2v) is 6.79. The van der Waals surface area contributed by atoms with Crippen molar-refractivity contribution in [3.63, 3.8) is 0 Å². The normalized spacial score (nSPS) is 12.8. The molecule has 0 unspecified atom stereocenters. The standard InChI is InChI=1S/C13H19ClN2O4S/c1-10(13(17)15-7-8-20-2)16(21(3,18)19)12-6-4-5-11(14)9-12/h4-6,9-10H,7-8H2,1-3H3,(H,15,17)/t10-/m1/s1. The van der Waals surface area contributed by atoms with Crippen molar-refractivity contribution >= 4 is 33.2 Å². The van der Waals surface area contributed by atoms with Crippen LogP contribution in [0.3, 0.4) is 0 Å². The second-order valence-electron chi connectivity index (χ2n) is 4.50. The highest BCUT2D eigenvalue weighted by atomic mass is 35.5. The first kappa shape index (κ1) is 17.7. The van der Waals surface area contributed by atoms with Gasteiger partial charge in [-0.3, -0.25) is 9.10 Å². The van der Waals surface area contributed by atoms with Gasteiger partial charge < -0.3 is 10.1 Å². The molecule has 118 valence electrons. The van der Waals surface area contributed by atoms with E-state index in [0.717, 1.165) is 10.6 Å². The minimum atomic E-state index is -3.63. The first-order chi connectivity index (χ1) is 9.77. The molecule has 0 aromatic heterocycles.